The van der Waals surface area contributed by atoms with Crippen molar-refractivity contribution >= 4 is 23.4 Å². The molecule has 4 nitrogen and oxygen atoms in total. The summed E-state index contributed by atoms with van der Waals surface area (Å²) in [5.74, 6) is 0.425. The van der Waals surface area contributed by atoms with Crippen LogP contribution in [-0.2, 0) is 6.54 Å². The number of aromatic nitrogens is 1. The average Bonchev–Trinajstić information content (AvgIpc) is 2.38. The Labute approximate surface area is 116 Å². The predicted octanol–water partition coefficient (Wildman–Crippen LogP) is 3.37. The van der Waals surface area contributed by atoms with Crippen LogP contribution < -0.4 is 10.6 Å². The van der Waals surface area contributed by atoms with Gasteiger partial charge < -0.3 is 5.32 Å². The molecule has 0 saturated heterocycles. The molecule has 98 valence electrons. The first kappa shape index (κ1) is 13.4. The SMILES string of the molecule is Cc1ccc(CNC(=O)Nc2cc(Cl)ccn2)cc1. The molecule has 2 amide bonds. The summed E-state index contributed by atoms with van der Waals surface area (Å²) in [6.07, 6.45) is 1.54. The van der Waals surface area contributed by atoms with Gasteiger partial charge in [-0.05, 0) is 24.6 Å². The maximum Gasteiger partial charge on any atom is 0.320 e. The van der Waals surface area contributed by atoms with Crippen molar-refractivity contribution in [3.8, 4) is 0 Å². The van der Waals surface area contributed by atoms with Crippen LogP contribution in [0.4, 0.5) is 10.6 Å². The normalized spacial score (nSPS) is 10.0. The van der Waals surface area contributed by atoms with E-state index >= 15 is 0 Å². The van der Waals surface area contributed by atoms with Gasteiger partial charge in [-0.25, -0.2) is 9.78 Å². The van der Waals surface area contributed by atoms with Gasteiger partial charge in [0.15, 0.2) is 0 Å². The van der Waals surface area contributed by atoms with Crippen LogP contribution in [0.3, 0.4) is 0 Å². The van der Waals surface area contributed by atoms with Gasteiger partial charge in [0.1, 0.15) is 5.82 Å². The van der Waals surface area contributed by atoms with E-state index in [9.17, 15) is 4.79 Å². The first-order valence-corrected chi connectivity index (χ1v) is 6.23. The maximum absolute atomic E-state index is 11.7. The molecule has 0 saturated carbocycles. The summed E-state index contributed by atoms with van der Waals surface area (Å²) < 4.78 is 0. The lowest BCUT2D eigenvalue weighted by atomic mass is 10.1. The summed E-state index contributed by atoms with van der Waals surface area (Å²) in [6.45, 7) is 2.49. The first-order valence-electron chi connectivity index (χ1n) is 5.85. The molecule has 1 aromatic heterocycles. The lowest BCUT2D eigenvalue weighted by Crippen LogP contribution is -2.28. The molecule has 0 aliphatic carbocycles. The molecule has 0 aliphatic rings. The van der Waals surface area contributed by atoms with Crippen LogP contribution in [0.2, 0.25) is 5.02 Å². The molecular formula is C14H14ClN3O. The molecule has 2 N–H and O–H groups in total. The zero-order valence-corrected chi connectivity index (χ0v) is 11.2. The second kappa shape index (κ2) is 6.20. The van der Waals surface area contributed by atoms with Crippen molar-refractivity contribution in [2.45, 2.75) is 13.5 Å². The number of carbonyl (C=O) groups excluding carboxylic acids is 1. The summed E-state index contributed by atoms with van der Waals surface area (Å²) in [5.41, 5.74) is 2.23. The van der Waals surface area contributed by atoms with Crippen molar-refractivity contribution in [3.63, 3.8) is 0 Å². The van der Waals surface area contributed by atoms with Crippen LogP contribution in [-0.4, -0.2) is 11.0 Å². The maximum atomic E-state index is 11.7. The topological polar surface area (TPSA) is 54.0 Å². The van der Waals surface area contributed by atoms with Crippen molar-refractivity contribution in [3.05, 3.63) is 58.7 Å². The van der Waals surface area contributed by atoms with Gasteiger partial charge in [-0.1, -0.05) is 41.4 Å². The minimum atomic E-state index is -0.310. The number of carbonyl (C=O) groups is 1. The standard InChI is InChI=1S/C14H14ClN3O/c1-10-2-4-11(5-3-10)9-17-14(19)18-13-8-12(15)6-7-16-13/h2-8H,9H2,1H3,(H2,16,17,18,19). The van der Waals surface area contributed by atoms with Gasteiger partial charge >= 0.3 is 6.03 Å². The lowest BCUT2D eigenvalue weighted by molar-refractivity contribution is 0.251. The molecule has 5 heteroatoms. The molecular weight excluding hydrogens is 262 g/mol. The number of halogens is 1. The lowest BCUT2D eigenvalue weighted by Gasteiger charge is -2.07. The molecule has 2 rings (SSSR count). The Hall–Kier alpha value is -2.07. The van der Waals surface area contributed by atoms with E-state index in [2.05, 4.69) is 15.6 Å². The fourth-order valence-electron chi connectivity index (χ4n) is 1.52. The first-order chi connectivity index (χ1) is 9.13. The highest BCUT2D eigenvalue weighted by Crippen LogP contribution is 2.11. The number of benzene rings is 1. The Morgan fingerprint density at radius 3 is 2.68 bits per heavy atom. The molecule has 0 atom stereocenters. The van der Waals surface area contributed by atoms with Gasteiger partial charge in [0.2, 0.25) is 0 Å². The third-order valence-electron chi connectivity index (χ3n) is 2.54. The minimum Gasteiger partial charge on any atom is -0.334 e. The van der Waals surface area contributed by atoms with Gasteiger partial charge in [-0.15, -0.1) is 0 Å². The van der Waals surface area contributed by atoms with Gasteiger partial charge in [0.05, 0.1) is 0 Å². The fourth-order valence-corrected chi connectivity index (χ4v) is 1.68. The van der Waals surface area contributed by atoms with E-state index in [4.69, 9.17) is 11.6 Å². The number of nitrogens with one attached hydrogen (secondary N) is 2. The molecule has 0 aliphatic heterocycles. The summed E-state index contributed by atoms with van der Waals surface area (Å²) in [5, 5.41) is 5.90. The van der Waals surface area contributed by atoms with Crippen LogP contribution >= 0.6 is 11.6 Å². The number of hydrogen-bond acceptors (Lipinski definition) is 2. The van der Waals surface area contributed by atoms with Gasteiger partial charge in [0, 0.05) is 17.8 Å². The Kier molecular flexibility index (Phi) is 4.36. The second-order valence-corrected chi connectivity index (χ2v) is 4.59. The van der Waals surface area contributed by atoms with Gasteiger partial charge in [-0.3, -0.25) is 5.32 Å². The average molecular weight is 276 g/mol. The van der Waals surface area contributed by atoms with E-state index in [-0.39, 0.29) is 6.03 Å². The summed E-state index contributed by atoms with van der Waals surface area (Å²) in [4.78, 5) is 15.6. The van der Waals surface area contributed by atoms with Crippen molar-refractivity contribution < 1.29 is 4.79 Å². The zero-order chi connectivity index (χ0) is 13.7. The Balaban J connectivity index is 1.86. The summed E-state index contributed by atoms with van der Waals surface area (Å²) >= 11 is 5.80. The van der Waals surface area contributed by atoms with Crippen molar-refractivity contribution in [1.29, 1.82) is 0 Å². The molecule has 2 aromatic rings. The fraction of sp³-hybridized carbons (Fsp3) is 0.143. The highest BCUT2D eigenvalue weighted by molar-refractivity contribution is 6.30. The molecule has 0 radical (unpaired) electrons. The van der Waals surface area contributed by atoms with E-state index in [0.717, 1.165) is 5.56 Å². The van der Waals surface area contributed by atoms with Crippen LogP contribution in [0.25, 0.3) is 0 Å². The third-order valence-corrected chi connectivity index (χ3v) is 2.77. The molecule has 0 spiro atoms. The number of pyridine rings is 1. The molecule has 0 fully saturated rings. The Morgan fingerprint density at radius 1 is 1.26 bits per heavy atom. The van der Waals surface area contributed by atoms with Crippen LogP contribution in [0.1, 0.15) is 11.1 Å². The Bertz CT molecular complexity index is 569. The monoisotopic (exact) mass is 275 g/mol. The zero-order valence-electron chi connectivity index (χ0n) is 10.5. The van der Waals surface area contributed by atoms with Crippen molar-refractivity contribution in [2.24, 2.45) is 0 Å². The van der Waals surface area contributed by atoms with Crippen LogP contribution in [0.15, 0.2) is 42.6 Å². The van der Waals surface area contributed by atoms with Crippen molar-refractivity contribution in [2.75, 3.05) is 5.32 Å². The van der Waals surface area contributed by atoms with E-state index in [0.29, 0.717) is 17.4 Å². The minimum absolute atomic E-state index is 0.310. The van der Waals surface area contributed by atoms with Crippen LogP contribution in [0, 0.1) is 6.92 Å². The Morgan fingerprint density at radius 2 is 2.00 bits per heavy atom. The number of anilines is 1. The highest BCUT2D eigenvalue weighted by Gasteiger charge is 2.02. The number of nitrogens with zero attached hydrogens (tertiary/aromatic N) is 1. The molecule has 19 heavy (non-hydrogen) atoms. The number of aryl methyl sites for hydroxylation is 1. The summed E-state index contributed by atoms with van der Waals surface area (Å²) in [6, 6.07) is 10.9. The smallest absolute Gasteiger partial charge is 0.320 e. The quantitative estimate of drug-likeness (QED) is 0.902. The molecule has 0 bridgehead atoms. The third kappa shape index (κ3) is 4.26. The molecule has 0 unspecified atom stereocenters. The summed E-state index contributed by atoms with van der Waals surface area (Å²) in [7, 11) is 0. The van der Waals surface area contributed by atoms with Crippen LogP contribution in [0.5, 0.6) is 0 Å². The second-order valence-electron chi connectivity index (χ2n) is 4.15. The number of urea groups is 1. The molecule has 1 aromatic carbocycles. The number of hydrogen-bond donors (Lipinski definition) is 2. The number of amides is 2. The number of rotatable bonds is 3. The van der Waals surface area contributed by atoms with E-state index in [1.54, 1.807) is 12.1 Å². The van der Waals surface area contributed by atoms with E-state index < -0.39 is 0 Å². The van der Waals surface area contributed by atoms with Gasteiger partial charge in [0.25, 0.3) is 0 Å². The van der Waals surface area contributed by atoms with Crippen molar-refractivity contribution in [1.82, 2.24) is 10.3 Å². The van der Waals surface area contributed by atoms with E-state index in [1.165, 1.54) is 11.8 Å². The largest absolute Gasteiger partial charge is 0.334 e. The highest BCUT2D eigenvalue weighted by atomic mass is 35.5. The predicted molar refractivity (Wildman–Crippen MR) is 76.3 cm³/mol. The van der Waals surface area contributed by atoms with E-state index in [1.807, 2.05) is 31.2 Å². The van der Waals surface area contributed by atoms with Gasteiger partial charge in [-0.2, -0.15) is 0 Å². The molecule has 1 heterocycles.